The molecule has 0 aromatic heterocycles. The highest BCUT2D eigenvalue weighted by atomic mass is 16.5. The zero-order valence-corrected chi connectivity index (χ0v) is 22.5. The van der Waals surface area contributed by atoms with Gasteiger partial charge >= 0.3 is 0 Å². The molecule has 0 radical (unpaired) electrons. The molecule has 8 heteroatoms. The lowest BCUT2D eigenvalue weighted by Gasteiger charge is -2.28. The van der Waals surface area contributed by atoms with Crippen molar-refractivity contribution >= 4 is 0 Å². The van der Waals surface area contributed by atoms with Gasteiger partial charge in [0.25, 0.3) is 0 Å². The van der Waals surface area contributed by atoms with Crippen molar-refractivity contribution in [3.05, 3.63) is 35.4 Å². The van der Waals surface area contributed by atoms with E-state index < -0.39 is 0 Å². The predicted molar refractivity (Wildman–Crippen MR) is 139 cm³/mol. The number of aliphatic hydroxyl groups is 2. The molecule has 2 aromatic rings. The molecular formula is C28H42O8. The van der Waals surface area contributed by atoms with Crippen LogP contribution in [0.1, 0.15) is 36.8 Å². The molecule has 0 fully saturated rings. The Labute approximate surface area is 215 Å². The Balaban J connectivity index is 2.43. The van der Waals surface area contributed by atoms with Crippen molar-refractivity contribution < 1.29 is 38.6 Å². The first-order valence-electron chi connectivity index (χ1n) is 12.3. The average molecular weight is 507 g/mol. The lowest BCUT2D eigenvalue weighted by molar-refractivity contribution is 0.202. The molecule has 0 aliphatic carbocycles. The molecule has 202 valence electrons. The van der Waals surface area contributed by atoms with Gasteiger partial charge in [0.15, 0.2) is 23.0 Å². The van der Waals surface area contributed by atoms with Crippen LogP contribution in [-0.4, -0.2) is 66.1 Å². The molecule has 0 bridgehead atoms. The van der Waals surface area contributed by atoms with E-state index in [1.807, 2.05) is 24.3 Å². The summed E-state index contributed by atoms with van der Waals surface area (Å²) in [5.74, 6) is 3.98. The normalized spacial score (nSPS) is 12.6. The molecule has 2 atom stereocenters. The molecule has 0 heterocycles. The fraction of sp³-hybridized carbons (Fsp3) is 0.571. The third-order valence-corrected chi connectivity index (χ3v) is 6.59. The first kappa shape index (κ1) is 29.4. The molecule has 0 unspecified atom stereocenters. The minimum atomic E-state index is 0.0842. The zero-order valence-electron chi connectivity index (χ0n) is 22.5. The third kappa shape index (κ3) is 7.58. The summed E-state index contributed by atoms with van der Waals surface area (Å²) in [4.78, 5) is 0. The van der Waals surface area contributed by atoms with Crippen LogP contribution in [0.2, 0.25) is 0 Å². The SMILES string of the molecule is COc1cc(C[C@@H](CCO)[C@H](CCCCO)Cc2cc(OC)c(OC)c(OC)c2)cc(OC)c1OC. The second-order valence-electron chi connectivity index (χ2n) is 8.73. The average Bonchev–Trinajstić information content (AvgIpc) is 2.90. The van der Waals surface area contributed by atoms with Crippen molar-refractivity contribution in [2.24, 2.45) is 11.8 Å². The molecule has 0 spiro atoms. The predicted octanol–water partition coefficient (Wildman–Crippen LogP) is 4.30. The summed E-state index contributed by atoms with van der Waals surface area (Å²) in [6.45, 7) is 0.245. The van der Waals surface area contributed by atoms with Crippen LogP contribution in [0.5, 0.6) is 34.5 Å². The van der Waals surface area contributed by atoms with E-state index in [1.165, 1.54) is 0 Å². The zero-order chi connectivity index (χ0) is 26.5. The van der Waals surface area contributed by atoms with Crippen LogP contribution in [0, 0.1) is 11.8 Å². The number of hydrogen-bond acceptors (Lipinski definition) is 8. The van der Waals surface area contributed by atoms with Crippen molar-refractivity contribution in [3.63, 3.8) is 0 Å². The van der Waals surface area contributed by atoms with Gasteiger partial charge in [0.1, 0.15) is 0 Å². The fourth-order valence-electron chi connectivity index (χ4n) is 4.80. The van der Waals surface area contributed by atoms with Gasteiger partial charge in [0, 0.05) is 13.2 Å². The number of aliphatic hydroxyl groups excluding tert-OH is 2. The van der Waals surface area contributed by atoms with Gasteiger partial charge in [-0.05, 0) is 79.3 Å². The minimum Gasteiger partial charge on any atom is -0.493 e. The molecule has 0 amide bonds. The van der Waals surface area contributed by atoms with Gasteiger partial charge in [0.2, 0.25) is 11.5 Å². The van der Waals surface area contributed by atoms with Gasteiger partial charge in [0.05, 0.1) is 42.7 Å². The molecule has 0 aliphatic rings. The van der Waals surface area contributed by atoms with Crippen molar-refractivity contribution in [2.75, 3.05) is 55.9 Å². The van der Waals surface area contributed by atoms with E-state index in [4.69, 9.17) is 28.4 Å². The molecule has 2 aromatic carbocycles. The molecular weight excluding hydrogens is 464 g/mol. The molecule has 2 N–H and O–H groups in total. The molecule has 0 saturated carbocycles. The van der Waals surface area contributed by atoms with Crippen LogP contribution in [0.3, 0.4) is 0 Å². The maximum Gasteiger partial charge on any atom is 0.203 e. The second kappa shape index (κ2) is 15.3. The number of hydrogen-bond donors (Lipinski definition) is 2. The maximum atomic E-state index is 9.95. The lowest BCUT2D eigenvalue weighted by atomic mass is 9.78. The van der Waals surface area contributed by atoms with Gasteiger partial charge in [-0.3, -0.25) is 0 Å². The summed E-state index contributed by atoms with van der Waals surface area (Å²) in [7, 11) is 9.61. The smallest absolute Gasteiger partial charge is 0.203 e. The van der Waals surface area contributed by atoms with E-state index in [0.29, 0.717) is 40.9 Å². The van der Waals surface area contributed by atoms with Crippen LogP contribution >= 0.6 is 0 Å². The van der Waals surface area contributed by atoms with E-state index >= 15 is 0 Å². The third-order valence-electron chi connectivity index (χ3n) is 6.59. The van der Waals surface area contributed by atoms with Crippen molar-refractivity contribution in [2.45, 2.75) is 38.5 Å². The molecule has 36 heavy (non-hydrogen) atoms. The van der Waals surface area contributed by atoms with Crippen LogP contribution in [0.25, 0.3) is 0 Å². The van der Waals surface area contributed by atoms with Gasteiger partial charge in [-0.25, -0.2) is 0 Å². The minimum absolute atomic E-state index is 0.0842. The highest BCUT2D eigenvalue weighted by molar-refractivity contribution is 5.55. The maximum absolute atomic E-state index is 9.95. The Morgan fingerprint density at radius 1 is 0.528 bits per heavy atom. The fourth-order valence-corrected chi connectivity index (χ4v) is 4.80. The lowest BCUT2D eigenvalue weighted by Crippen LogP contribution is -2.22. The number of methoxy groups -OCH3 is 6. The van der Waals surface area contributed by atoms with Crippen molar-refractivity contribution in [3.8, 4) is 34.5 Å². The van der Waals surface area contributed by atoms with E-state index in [-0.39, 0.29) is 25.0 Å². The quantitative estimate of drug-likeness (QED) is 0.307. The van der Waals surface area contributed by atoms with Crippen LogP contribution < -0.4 is 28.4 Å². The second-order valence-corrected chi connectivity index (χ2v) is 8.73. The molecule has 0 aliphatic heterocycles. The van der Waals surface area contributed by atoms with Crippen LogP contribution in [-0.2, 0) is 12.8 Å². The topological polar surface area (TPSA) is 95.8 Å². The molecule has 8 nitrogen and oxygen atoms in total. The highest BCUT2D eigenvalue weighted by Gasteiger charge is 2.25. The Bertz CT molecular complexity index is 880. The van der Waals surface area contributed by atoms with E-state index in [2.05, 4.69) is 0 Å². The Morgan fingerprint density at radius 2 is 0.917 bits per heavy atom. The number of ether oxygens (including phenoxy) is 6. The Kier molecular flexibility index (Phi) is 12.5. The van der Waals surface area contributed by atoms with Crippen LogP contribution in [0.4, 0.5) is 0 Å². The first-order valence-corrected chi connectivity index (χ1v) is 12.3. The summed E-state index contributed by atoms with van der Waals surface area (Å²) in [5, 5.41) is 19.3. The number of unbranched alkanes of at least 4 members (excludes halogenated alkanes) is 1. The summed E-state index contributed by atoms with van der Waals surface area (Å²) in [6.07, 6.45) is 4.67. The van der Waals surface area contributed by atoms with Gasteiger partial charge in [-0.1, -0.05) is 6.42 Å². The first-order chi connectivity index (χ1) is 17.5. The molecule has 0 saturated heterocycles. The largest absolute Gasteiger partial charge is 0.493 e. The van der Waals surface area contributed by atoms with Crippen molar-refractivity contribution in [1.29, 1.82) is 0 Å². The summed E-state index contributed by atoms with van der Waals surface area (Å²) < 4.78 is 33.2. The monoisotopic (exact) mass is 506 g/mol. The van der Waals surface area contributed by atoms with Gasteiger partial charge in [-0.2, -0.15) is 0 Å². The number of benzene rings is 2. The Hall–Kier alpha value is -2.84. The number of rotatable bonds is 17. The van der Waals surface area contributed by atoms with Gasteiger partial charge < -0.3 is 38.6 Å². The van der Waals surface area contributed by atoms with Crippen LogP contribution in [0.15, 0.2) is 24.3 Å². The summed E-state index contributed by atoms with van der Waals surface area (Å²) in [6, 6.07) is 7.90. The Morgan fingerprint density at radius 3 is 1.22 bits per heavy atom. The highest BCUT2D eigenvalue weighted by Crippen LogP contribution is 2.42. The summed E-state index contributed by atoms with van der Waals surface area (Å²) in [5.41, 5.74) is 2.10. The standard InChI is InChI=1S/C28H42O8/c1-31-23-15-19(16-24(32-2)27(23)35-5)13-21(9-7-8-11-29)22(10-12-30)14-20-17-25(33-3)28(36-6)26(18-20)34-4/h15-18,21-22,29-30H,7-14H2,1-6H3/t21-,22-/m1/s1. The van der Waals surface area contributed by atoms with Crippen molar-refractivity contribution in [1.82, 2.24) is 0 Å². The van der Waals surface area contributed by atoms with E-state index in [0.717, 1.165) is 43.2 Å². The van der Waals surface area contributed by atoms with E-state index in [9.17, 15) is 10.2 Å². The molecule has 2 rings (SSSR count). The van der Waals surface area contributed by atoms with E-state index in [1.54, 1.807) is 42.7 Å². The summed E-state index contributed by atoms with van der Waals surface area (Å²) >= 11 is 0. The van der Waals surface area contributed by atoms with Gasteiger partial charge in [-0.15, -0.1) is 0 Å².